The van der Waals surface area contributed by atoms with E-state index in [-0.39, 0.29) is 36.9 Å². The molecule has 1 unspecified atom stereocenters. The van der Waals surface area contributed by atoms with Crippen LogP contribution in [0, 0.1) is 0 Å². The van der Waals surface area contributed by atoms with Crippen molar-refractivity contribution in [3.8, 4) is 5.75 Å². The molecule has 28 heavy (non-hydrogen) atoms. The lowest BCUT2D eigenvalue weighted by molar-refractivity contribution is -0.137. The third kappa shape index (κ3) is 4.96. The average Bonchev–Trinajstić information content (AvgIpc) is 2.88. The fourth-order valence-electron chi connectivity index (χ4n) is 2.71. The smallest absolute Gasteiger partial charge is 0.416 e. The second-order valence-corrected chi connectivity index (χ2v) is 8.53. The van der Waals surface area contributed by atoms with Gasteiger partial charge < -0.3 is 9.47 Å². The Morgan fingerprint density at radius 3 is 2.32 bits per heavy atom. The van der Waals surface area contributed by atoms with Crippen molar-refractivity contribution in [3.05, 3.63) is 59.1 Å². The second kappa shape index (κ2) is 8.28. The zero-order valence-corrected chi connectivity index (χ0v) is 16.1. The van der Waals surface area contributed by atoms with Crippen LogP contribution in [0.15, 0.2) is 53.4 Å². The van der Waals surface area contributed by atoms with Gasteiger partial charge in [-0.15, -0.1) is 0 Å². The molecule has 0 bridgehead atoms. The molecule has 0 N–H and O–H groups in total. The summed E-state index contributed by atoms with van der Waals surface area (Å²) in [5.74, 6) is 0.201. The van der Waals surface area contributed by atoms with Gasteiger partial charge >= 0.3 is 6.18 Å². The fourth-order valence-corrected chi connectivity index (χ4v) is 4.29. The van der Waals surface area contributed by atoms with Crippen molar-refractivity contribution in [1.29, 1.82) is 0 Å². The minimum Gasteiger partial charge on any atom is -0.487 e. The number of benzene rings is 2. The number of nitrogens with zero attached hydrogens (tertiary/aromatic N) is 1. The predicted molar refractivity (Wildman–Crippen MR) is 96.9 cm³/mol. The number of rotatable bonds is 4. The summed E-state index contributed by atoms with van der Waals surface area (Å²) in [6, 6.07) is 10.0. The quantitative estimate of drug-likeness (QED) is 0.732. The van der Waals surface area contributed by atoms with E-state index in [1.165, 1.54) is 40.7 Å². The SMILES string of the molecule is O=S(=O)(c1ccc(Cl)cc1)N1CCOCC(Oc2ccc(C(F)(F)F)cc2)C1. The van der Waals surface area contributed by atoms with Crippen molar-refractivity contribution in [3.63, 3.8) is 0 Å². The van der Waals surface area contributed by atoms with Crippen LogP contribution in [-0.4, -0.2) is 45.1 Å². The Kier molecular flexibility index (Phi) is 6.18. The van der Waals surface area contributed by atoms with Crippen LogP contribution in [0.4, 0.5) is 13.2 Å². The third-order valence-corrected chi connectivity index (χ3v) is 6.26. The zero-order valence-electron chi connectivity index (χ0n) is 14.5. The van der Waals surface area contributed by atoms with Crippen molar-refractivity contribution in [2.75, 3.05) is 26.3 Å². The molecule has 1 saturated heterocycles. The first kappa shape index (κ1) is 20.9. The maximum atomic E-state index is 12.9. The topological polar surface area (TPSA) is 55.8 Å². The van der Waals surface area contributed by atoms with Crippen LogP contribution < -0.4 is 4.74 Å². The third-order valence-electron chi connectivity index (χ3n) is 4.13. The molecule has 1 fully saturated rings. The van der Waals surface area contributed by atoms with Gasteiger partial charge in [-0.3, -0.25) is 0 Å². The van der Waals surface area contributed by atoms with E-state index in [0.29, 0.717) is 5.02 Å². The number of halogens is 4. The van der Waals surface area contributed by atoms with Gasteiger partial charge in [0.1, 0.15) is 11.9 Å². The Bertz CT molecular complexity index is 902. The van der Waals surface area contributed by atoms with Gasteiger partial charge in [0, 0.05) is 11.6 Å². The van der Waals surface area contributed by atoms with Gasteiger partial charge in [-0.2, -0.15) is 17.5 Å². The Hall–Kier alpha value is -1.81. The lowest BCUT2D eigenvalue weighted by atomic mass is 10.2. The number of alkyl halides is 3. The number of ether oxygens (including phenoxy) is 2. The van der Waals surface area contributed by atoms with E-state index < -0.39 is 27.9 Å². The summed E-state index contributed by atoms with van der Waals surface area (Å²) in [6.07, 6.45) is -5.10. The molecule has 10 heteroatoms. The molecule has 0 saturated carbocycles. The van der Waals surface area contributed by atoms with Crippen LogP contribution in [0.5, 0.6) is 5.75 Å². The van der Waals surface area contributed by atoms with Gasteiger partial charge in [0.15, 0.2) is 0 Å². The molecule has 0 spiro atoms. The molecule has 1 heterocycles. The van der Waals surface area contributed by atoms with E-state index in [1.54, 1.807) is 0 Å². The minimum atomic E-state index is -4.44. The first-order chi connectivity index (χ1) is 13.2. The van der Waals surface area contributed by atoms with Gasteiger partial charge in [-0.05, 0) is 48.5 Å². The molecule has 2 aromatic rings. The van der Waals surface area contributed by atoms with Crippen LogP contribution >= 0.6 is 11.6 Å². The van der Waals surface area contributed by atoms with Crippen LogP contribution in [0.1, 0.15) is 5.56 Å². The van der Waals surface area contributed by atoms with E-state index in [2.05, 4.69) is 0 Å². The fraction of sp³-hybridized carbons (Fsp3) is 0.333. The summed E-state index contributed by atoms with van der Waals surface area (Å²) in [5, 5.41) is 0.418. The van der Waals surface area contributed by atoms with Crippen molar-refractivity contribution in [2.45, 2.75) is 17.2 Å². The Morgan fingerprint density at radius 1 is 1.07 bits per heavy atom. The summed E-state index contributed by atoms with van der Waals surface area (Å²) in [7, 11) is -3.79. The van der Waals surface area contributed by atoms with Crippen LogP contribution in [0.2, 0.25) is 5.02 Å². The summed E-state index contributed by atoms with van der Waals surface area (Å²) < 4.78 is 76.0. The first-order valence-electron chi connectivity index (χ1n) is 8.33. The highest BCUT2D eigenvalue weighted by molar-refractivity contribution is 7.89. The molecule has 152 valence electrons. The Morgan fingerprint density at radius 2 is 1.71 bits per heavy atom. The number of hydrogen-bond acceptors (Lipinski definition) is 4. The van der Waals surface area contributed by atoms with E-state index >= 15 is 0 Å². The van der Waals surface area contributed by atoms with E-state index in [1.807, 2.05) is 0 Å². The Balaban J connectivity index is 1.74. The van der Waals surface area contributed by atoms with E-state index in [9.17, 15) is 21.6 Å². The standard InChI is InChI=1S/C18H17ClF3NO4S/c19-14-3-7-17(8-4-14)28(24,25)23-9-10-26-12-16(11-23)27-15-5-1-13(2-6-15)18(20,21)22/h1-8,16H,9-12H2. The lowest BCUT2D eigenvalue weighted by Gasteiger charge is -2.24. The maximum absolute atomic E-state index is 12.9. The number of sulfonamides is 1. The van der Waals surface area contributed by atoms with E-state index in [0.717, 1.165) is 12.1 Å². The van der Waals surface area contributed by atoms with Crippen LogP contribution in [-0.2, 0) is 20.9 Å². The Labute approximate surface area is 165 Å². The molecule has 0 amide bonds. The molecule has 0 aromatic heterocycles. The van der Waals surface area contributed by atoms with Gasteiger partial charge in [-0.1, -0.05) is 11.6 Å². The lowest BCUT2D eigenvalue weighted by Crippen LogP contribution is -2.39. The molecule has 1 aliphatic heterocycles. The molecule has 0 radical (unpaired) electrons. The van der Waals surface area contributed by atoms with Crippen molar-refractivity contribution in [2.24, 2.45) is 0 Å². The highest BCUT2D eigenvalue weighted by atomic mass is 35.5. The molecule has 1 aliphatic rings. The van der Waals surface area contributed by atoms with Gasteiger partial charge in [0.25, 0.3) is 0 Å². The largest absolute Gasteiger partial charge is 0.487 e. The summed E-state index contributed by atoms with van der Waals surface area (Å²) in [5.41, 5.74) is -0.788. The van der Waals surface area contributed by atoms with E-state index in [4.69, 9.17) is 21.1 Å². The normalized spacial score (nSPS) is 19.2. The molecule has 5 nitrogen and oxygen atoms in total. The summed E-state index contributed by atoms with van der Waals surface area (Å²) >= 11 is 5.81. The first-order valence-corrected chi connectivity index (χ1v) is 10.2. The molecule has 3 rings (SSSR count). The van der Waals surface area contributed by atoms with Crippen molar-refractivity contribution < 1.29 is 31.1 Å². The average molecular weight is 436 g/mol. The molecular weight excluding hydrogens is 419 g/mol. The summed E-state index contributed by atoms with van der Waals surface area (Å²) in [6.45, 7) is 0.442. The van der Waals surface area contributed by atoms with Gasteiger partial charge in [-0.25, -0.2) is 8.42 Å². The molecular formula is C18H17ClF3NO4S. The monoisotopic (exact) mass is 435 g/mol. The molecule has 0 aliphatic carbocycles. The summed E-state index contributed by atoms with van der Waals surface area (Å²) in [4.78, 5) is 0.0899. The molecule has 1 atom stereocenters. The second-order valence-electron chi connectivity index (χ2n) is 6.15. The van der Waals surface area contributed by atoms with Gasteiger partial charge in [0.2, 0.25) is 10.0 Å². The zero-order chi connectivity index (χ0) is 20.4. The highest BCUT2D eigenvalue weighted by Gasteiger charge is 2.32. The highest BCUT2D eigenvalue weighted by Crippen LogP contribution is 2.30. The van der Waals surface area contributed by atoms with Crippen LogP contribution in [0.25, 0.3) is 0 Å². The van der Waals surface area contributed by atoms with Crippen molar-refractivity contribution >= 4 is 21.6 Å². The maximum Gasteiger partial charge on any atom is 0.416 e. The van der Waals surface area contributed by atoms with Gasteiger partial charge in [0.05, 0.1) is 30.2 Å². The number of hydrogen-bond donors (Lipinski definition) is 0. The van der Waals surface area contributed by atoms with Crippen molar-refractivity contribution in [1.82, 2.24) is 4.31 Å². The minimum absolute atomic E-state index is 0.00593. The van der Waals surface area contributed by atoms with Crippen LogP contribution in [0.3, 0.4) is 0 Å². The predicted octanol–water partition coefficient (Wildman–Crippen LogP) is 3.83. The molecule has 2 aromatic carbocycles.